The highest BCUT2D eigenvalue weighted by Crippen LogP contribution is 2.33. The molecule has 2 N–H and O–H groups in total. The van der Waals surface area contributed by atoms with Gasteiger partial charge in [-0.2, -0.15) is 0 Å². The van der Waals surface area contributed by atoms with Crippen LogP contribution in [0.2, 0.25) is 0 Å². The van der Waals surface area contributed by atoms with Crippen molar-refractivity contribution in [2.45, 2.75) is 26.8 Å². The Morgan fingerprint density at radius 1 is 1.09 bits per heavy atom. The van der Waals surface area contributed by atoms with E-state index in [9.17, 15) is 9.82 Å². The highest BCUT2D eigenvalue weighted by atomic mass is 16.6. The number of nitrogens with zero attached hydrogens (tertiary/aromatic N) is 1. The van der Waals surface area contributed by atoms with Crippen LogP contribution in [0.4, 0.5) is 5.69 Å². The quantitative estimate of drug-likeness (QED) is 0.464. The summed E-state index contributed by atoms with van der Waals surface area (Å²) in [5, 5.41) is 18.0. The fourth-order valence-corrected chi connectivity index (χ4v) is 4.29. The van der Waals surface area contributed by atoms with Crippen molar-refractivity contribution < 1.29 is 14.2 Å². The topological polar surface area (TPSA) is 84.1 Å². The third-order valence-electron chi connectivity index (χ3n) is 6.00. The van der Waals surface area contributed by atoms with Gasteiger partial charge in [-0.25, -0.2) is 0 Å². The number of para-hydroxylation sites is 1. The van der Waals surface area contributed by atoms with E-state index < -0.39 is 7.12 Å². The Hall–Kier alpha value is -3.84. The van der Waals surface area contributed by atoms with E-state index in [1.54, 1.807) is 13.1 Å². The maximum Gasteiger partial charge on any atom is 0.583 e. The standard InChI is InChI=1S/C26H23BN2O4/c1-15-10-21(26-22(11-15)25(30)16(2)14-32-26)17(3)29-24-7-5-4-6-20(24)18-8-9-23-19(12-18)13-28-33-27(23)31/h4-14,17,29,31H,1-3H3/t17-/m1/s1. The minimum absolute atomic E-state index is 0.00399. The summed E-state index contributed by atoms with van der Waals surface area (Å²) >= 11 is 0. The minimum Gasteiger partial charge on any atom is -0.463 e. The molecule has 1 atom stereocenters. The van der Waals surface area contributed by atoms with Gasteiger partial charge in [-0.1, -0.05) is 36.4 Å². The van der Waals surface area contributed by atoms with Crippen LogP contribution < -0.4 is 16.2 Å². The molecule has 0 fully saturated rings. The van der Waals surface area contributed by atoms with Gasteiger partial charge < -0.3 is 19.5 Å². The molecule has 5 rings (SSSR count). The number of aryl methyl sites for hydroxylation is 2. The van der Waals surface area contributed by atoms with E-state index in [4.69, 9.17) is 9.17 Å². The third kappa shape index (κ3) is 3.81. The molecule has 0 saturated carbocycles. The lowest BCUT2D eigenvalue weighted by molar-refractivity contribution is 0.286. The maximum absolute atomic E-state index is 12.7. The lowest BCUT2D eigenvalue weighted by Crippen LogP contribution is -2.37. The van der Waals surface area contributed by atoms with Gasteiger partial charge in [0.05, 0.1) is 23.9 Å². The van der Waals surface area contributed by atoms with Gasteiger partial charge in [0.25, 0.3) is 0 Å². The molecule has 2 heterocycles. The second-order valence-corrected chi connectivity index (χ2v) is 8.43. The molecule has 0 aliphatic carbocycles. The zero-order valence-electron chi connectivity index (χ0n) is 18.6. The van der Waals surface area contributed by atoms with Crippen molar-refractivity contribution in [1.82, 2.24) is 0 Å². The SMILES string of the molecule is Cc1cc([C@@H](C)Nc2ccccc2-c2ccc3c(c2)C=NOB3O)c2occ(C)c(=O)c2c1. The molecule has 0 spiro atoms. The number of nitrogens with one attached hydrogen (secondary N) is 1. The summed E-state index contributed by atoms with van der Waals surface area (Å²) in [6.07, 6.45) is 3.13. The molecule has 1 aliphatic rings. The van der Waals surface area contributed by atoms with Crippen molar-refractivity contribution >= 4 is 35.5 Å². The zero-order valence-corrected chi connectivity index (χ0v) is 18.6. The van der Waals surface area contributed by atoms with E-state index in [1.807, 2.05) is 55.5 Å². The van der Waals surface area contributed by atoms with Crippen molar-refractivity contribution in [2.75, 3.05) is 5.32 Å². The first-order chi connectivity index (χ1) is 15.9. The Morgan fingerprint density at radius 3 is 2.76 bits per heavy atom. The van der Waals surface area contributed by atoms with Crippen molar-refractivity contribution in [1.29, 1.82) is 0 Å². The van der Waals surface area contributed by atoms with Gasteiger partial charge in [0.2, 0.25) is 0 Å². The first-order valence-corrected chi connectivity index (χ1v) is 10.8. The lowest BCUT2D eigenvalue weighted by atomic mass is 9.75. The summed E-state index contributed by atoms with van der Waals surface area (Å²) in [4.78, 5) is 12.7. The predicted octanol–water partition coefficient (Wildman–Crippen LogP) is 4.30. The van der Waals surface area contributed by atoms with Crippen LogP contribution in [0, 0.1) is 13.8 Å². The molecule has 0 unspecified atom stereocenters. The Labute approximate surface area is 191 Å². The first kappa shape index (κ1) is 21.0. The molecule has 0 saturated heterocycles. The summed E-state index contributed by atoms with van der Waals surface area (Å²) in [5.41, 5.74) is 7.57. The zero-order chi connectivity index (χ0) is 23.1. The number of hydrogen-bond acceptors (Lipinski definition) is 6. The third-order valence-corrected chi connectivity index (χ3v) is 6.00. The molecule has 3 aromatic carbocycles. The molecule has 4 aromatic rings. The molecule has 1 aromatic heterocycles. The summed E-state index contributed by atoms with van der Waals surface area (Å²) in [7, 11) is -1.06. The van der Waals surface area contributed by atoms with E-state index in [0.717, 1.165) is 33.5 Å². The van der Waals surface area contributed by atoms with E-state index >= 15 is 0 Å². The second-order valence-electron chi connectivity index (χ2n) is 8.43. The predicted molar refractivity (Wildman–Crippen MR) is 132 cm³/mol. The van der Waals surface area contributed by atoms with Crippen LogP contribution in [0.15, 0.2) is 75.2 Å². The molecule has 164 valence electrons. The maximum atomic E-state index is 12.7. The van der Waals surface area contributed by atoms with E-state index in [0.29, 0.717) is 22.0 Å². The average Bonchev–Trinajstić information content (AvgIpc) is 2.81. The molecular formula is C26H23BN2O4. The Balaban J connectivity index is 1.54. The lowest BCUT2D eigenvalue weighted by Gasteiger charge is -2.21. The Kier molecular flexibility index (Phi) is 5.26. The van der Waals surface area contributed by atoms with Crippen molar-refractivity contribution in [3.05, 3.63) is 93.3 Å². The van der Waals surface area contributed by atoms with Crippen LogP contribution in [0.1, 0.15) is 35.2 Å². The van der Waals surface area contributed by atoms with Gasteiger partial charge >= 0.3 is 7.12 Å². The Morgan fingerprint density at radius 2 is 1.91 bits per heavy atom. The smallest absolute Gasteiger partial charge is 0.463 e. The summed E-state index contributed by atoms with van der Waals surface area (Å²) in [5.74, 6) is 0. The van der Waals surface area contributed by atoms with Crippen LogP contribution in [0.5, 0.6) is 0 Å². The van der Waals surface area contributed by atoms with Gasteiger partial charge in [-0.15, -0.1) is 5.16 Å². The summed E-state index contributed by atoms with van der Waals surface area (Å²) in [6.45, 7) is 5.80. The Bertz CT molecular complexity index is 1460. The van der Waals surface area contributed by atoms with Gasteiger partial charge in [0, 0.05) is 27.8 Å². The summed E-state index contributed by atoms with van der Waals surface area (Å²) in [6, 6.07) is 17.6. The molecular weight excluding hydrogens is 415 g/mol. The molecule has 0 radical (unpaired) electrons. The van der Waals surface area contributed by atoms with Gasteiger partial charge in [-0.05, 0) is 55.7 Å². The molecule has 33 heavy (non-hydrogen) atoms. The van der Waals surface area contributed by atoms with E-state index in [-0.39, 0.29) is 11.5 Å². The van der Waals surface area contributed by atoms with Gasteiger partial charge in [0.15, 0.2) is 5.43 Å². The van der Waals surface area contributed by atoms with Crippen LogP contribution in [0.25, 0.3) is 22.1 Å². The van der Waals surface area contributed by atoms with E-state index in [2.05, 4.69) is 23.5 Å². The monoisotopic (exact) mass is 438 g/mol. The largest absolute Gasteiger partial charge is 0.583 e. The van der Waals surface area contributed by atoms with Gasteiger partial charge in [0.1, 0.15) is 5.58 Å². The summed E-state index contributed by atoms with van der Waals surface area (Å²) < 4.78 is 10.8. The molecule has 6 nitrogen and oxygen atoms in total. The van der Waals surface area contributed by atoms with Crippen molar-refractivity contribution in [3.8, 4) is 11.1 Å². The number of fused-ring (bicyclic) bond motifs is 2. The highest BCUT2D eigenvalue weighted by molar-refractivity contribution is 6.62. The number of rotatable bonds is 4. The van der Waals surface area contributed by atoms with E-state index in [1.165, 1.54) is 6.26 Å². The first-order valence-electron chi connectivity index (χ1n) is 10.8. The minimum atomic E-state index is -1.06. The van der Waals surface area contributed by atoms with Crippen LogP contribution in [-0.2, 0) is 4.76 Å². The molecule has 7 heteroatoms. The number of oxime groups is 1. The fraction of sp³-hybridized carbons (Fsp3) is 0.154. The molecule has 0 bridgehead atoms. The van der Waals surface area contributed by atoms with Crippen LogP contribution in [0.3, 0.4) is 0 Å². The fourth-order valence-electron chi connectivity index (χ4n) is 4.29. The normalized spacial score (nSPS) is 13.5. The highest BCUT2D eigenvalue weighted by Gasteiger charge is 2.25. The number of anilines is 1. The molecule has 1 aliphatic heterocycles. The molecule has 0 amide bonds. The van der Waals surface area contributed by atoms with Crippen molar-refractivity contribution in [2.24, 2.45) is 5.16 Å². The van der Waals surface area contributed by atoms with Crippen LogP contribution >= 0.6 is 0 Å². The van der Waals surface area contributed by atoms with Gasteiger partial charge in [-0.3, -0.25) is 4.79 Å². The number of benzene rings is 3. The average molecular weight is 438 g/mol. The van der Waals surface area contributed by atoms with Crippen molar-refractivity contribution in [3.63, 3.8) is 0 Å². The number of hydrogen-bond donors (Lipinski definition) is 2. The second kappa shape index (κ2) is 8.26. The van der Waals surface area contributed by atoms with Crippen LogP contribution in [-0.4, -0.2) is 18.4 Å².